The summed E-state index contributed by atoms with van der Waals surface area (Å²) in [6.07, 6.45) is 6.85. The van der Waals surface area contributed by atoms with E-state index in [9.17, 15) is 4.39 Å². The molecule has 5 nitrogen and oxygen atoms in total. The third kappa shape index (κ3) is 3.87. The molecule has 7 heteroatoms. The topological polar surface area (TPSA) is 52.3 Å². The molecule has 3 aromatic rings. The van der Waals surface area contributed by atoms with Crippen molar-refractivity contribution in [1.29, 1.82) is 0 Å². The molecule has 0 saturated heterocycles. The Bertz CT molecular complexity index is 941. The van der Waals surface area contributed by atoms with Gasteiger partial charge in [0.25, 0.3) is 0 Å². The standard InChI is InChI=1S/C19H24BFN4O/c1-12-6-13(7-23-16(12)26-11-18(2,3)4)15-10-25-14(8-22-15)9-24-17(25)19(5,20)21/h6-10H,11,20H2,1-5H3. The second kappa shape index (κ2) is 6.38. The zero-order valence-corrected chi connectivity index (χ0v) is 16.2. The Balaban J connectivity index is 1.95. The molecule has 1 atom stereocenters. The predicted molar refractivity (Wildman–Crippen MR) is 103 cm³/mol. The Labute approximate surface area is 154 Å². The third-order valence-electron chi connectivity index (χ3n) is 3.91. The second-order valence-corrected chi connectivity index (χ2v) is 8.32. The zero-order chi connectivity index (χ0) is 19.1. The summed E-state index contributed by atoms with van der Waals surface area (Å²) >= 11 is 0. The van der Waals surface area contributed by atoms with Gasteiger partial charge in [-0.25, -0.2) is 14.4 Å². The molecule has 0 bridgehead atoms. The molecule has 0 N–H and O–H groups in total. The first kappa shape index (κ1) is 18.4. The Kier molecular flexibility index (Phi) is 4.50. The van der Waals surface area contributed by atoms with Gasteiger partial charge in [0.2, 0.25) is 5.88 Å². The zero-order valence-electron chi connectivity index (χ0n) is 16.2. The Hall–Kier alpha value is -2.44. The van der Waals surface area contributed by atoms with Crippen LogP contribution in [0, 0.1) is 12.3 Å². The monoisotopic (exact) mass is 354 g/mol. The summed E-state index contributed by atoms with van der Waals surface area (Å²) in [5, 5.41) is 0. The number of nitrogens with zero attached hydrogens (tertiary/aromatic N) is 4. The molecule has 0 aliphatic carbocycles. The fraction of sp³-hybridized carbons (Fsp3) is 0.421. The predicted octanol–water partition coefficient (Wildman–Crippen LogP) is 3.30. The average molecular weight is 354 g/mol. The van der Waals surface area contributed by atoms with E-state index in [4.69, 9.17) is 4.74 Å². The smallest absolute Gasteiger partial charge is 0.216 e. The molecular weight excluding hydrogens is 330 g/mol. The summed E-state index contributed by atoms with van der Waals surface area (Å²) in [4.78, 5) is 13.1. The lowest BCUT2D eigenvalue weighted by Gasteiger charge is -2.19. The van der Waals surface area contributed by atoms with Crippen LogP contribution in [0.5, 0.6) is 5.88 Å². The van der Waals surface area contributed by atoms with Crippen molar-refractivity contribution in [3.8, 4) is 17.1 Å². The lowest BCUT2D eigenvalue weighted by molar-refractivity contribution is 0.190. The number of fused-ring (bicyclic) bond motifs is 1. The van der Waals surface area contributed by atoms with E-state index in [0.717, 1.165) is 16.6 Å². The normalized spacial score (nSPS) is 14.4. The maximum atomic E-state index is 14.4. The van der Waals surface area contributed by atoms with Crippen LogP contribution in [0.1, 0.15) is 39.1 Å². The van der Waals surface area contributed by atoms with Crippen molar-refractivity contribution >= 4 is 13.4 Å². The molecule has 3 heterocycles. The molecule has 0 amide bonds. The van der Waals surface area contributed by atoms with Crippen LogP contribution in [0.3, 0.4) is 0 Å². The van der Waals surface area contributed by atoms with E-state index in [0.29, 0.717) is 24.0 Å². The van der Waals surface area contributed by atoms with E-state index >= 15 is 0 Å². The van der Waals surface area contributed by atoms with E-state index in [2.05, 4.69) is 35.7 Å². The van der Waals surface area contributed by atoms with Gasteiger partial charge in [-0.2, -0.15) is 0 Å². The molecule has 3 rings (SSSR count). The number of halogens is 1. The number of hydrogen-bond donors (Lipinski definition) is 0. The molecule has 0 aliphatic rings. The number of alkyl halides is 1. The average Bonchev–Trinajstić information content (AvgIpc) is 2.96. The van der Waals surface area contributed by atoms with Crippen molar-refractivity contribution in [2.24, 2.45) is 5.41 Å². The quantitative estimate of drug-likeness (QED) is 0.675. The number of pyridine rings is 1. The van der Waals surface area contributed by atoms with Crippen LogP contribution in [-0.4, -0.2) is 33.8 Å². The summed E-state index contributed by atoms with van der Waals surface area (Å²) < 4.78 is 21.9. The number of imidazole rings is 1. The number of ether oxygens (including phenoxy) is 1. The molecule has 136 valence electrons. The molecule has 0 radical (unpaired) electrons. The number of aromatic nitrogens is 4. The van der Waals surface area contributed by atoms with Gasteiger partial charge in [0.1, 0.15) is 11.4 Å². The molecule has 0 aliphatic heterocycles. The number of hydrogen-bond acceptors (Lipinski definition) is 4. The van der Waals surface area contributed by atoms with E-state index in [-0.39, 0.29) is 5.41 Å². The van der Waals surface area contributed by atoms with Crippen LogP contribution in [0.15, 0.2) is 30.9 Å². The first-order chi connectivity index (χ1) is 12.0. The van der Waals surface area contributed by atoms with Crippen LogP contribution in [0.4, 0.5) is 4.39 Å². The minimum atomic E-state index is -1.54. The van der Waals surface area contributed by atoms with E-state index in [1.165, 1.54) is 14.8 Å². The molecule has 0 aromatic carbocycles. The van der Waals surface area contributed by atoms with E-state index in [1.807, 2.05) is 13.0 Å². The highest BCUT2D eigenvalue weighted by Crippen LogP contribution is 2.26. The highest BCUT2D eigenvalue weighted by molar-refractivity contribution is 6.14. The van der Waals surface area contributed by atoms with Gasteiger partial charge < -0.3 is 4.74 Å². The van der Waals surface area contributed by atoms with Crippen LogP contribution < -0.4 is 4.74 Å². The second-order valence-electron chi connectivity index (χ2n) is 8.32. The van der Waals surface area contributed by atoms with Gasteiger partial charge in [-0.05, 0) is 25.3 Å². The van der Waals surface area contributed by atoms with Crippen molar-refractivity contribution in [3.05, 3.63) is 42.2 Å². The van der Waals surface area contributed by atoms with Gasteiger partial charge in [0.15, 0.2) is 7.85 Å². The lowest BCUT2D eigenvalue weighted by Crippen LogP contribution is -2.19. The van der Waals surface area contributed by atoms with Gasteiger partial charge in [-0.1, -0.05) is 20.8 Å². The highest BCUT2D eigenvalue weighted by Gasteiger charge is 2.24. The highest BCUT2D eigenvalue weighted by atomic mass is 19.1. The summed E-state index contributed by atoms with van der Waals surface area (Å²) in [7, 11) is 1.49. The van der Waals surface area contributed by atoms with E-state index in [1.54, 1.807) is 29.2 Å². The largest absolute Gasteiger partial charge is 0.477 e. The van der Waals surface area contributed by atoms with Gasteiger partial charge in [0.05, 0.1) is 30.2 Å². The van der Waals surface area contributed by atoms with Crippen molar-refractivity contribution in [3.63, 3.8) is 0 Å². The Morgan fingerprint density at radius 3 is 2.42 bits per heavy atom. The van der Waals surface area contributed by atoms with Gasteiger partial charge >= 0.3 is 0 Å². The number of rotatable bonds is 4. The van der Waals surface area contributed by atoms with Crippen LogP contribution in [0.25, 0.3) is 16.8 Å². The summed E-state index contributed by atoms with van der Waals surface area (Å²) in [6, 6.07) is 1.98. The van der Waals surface area contributed by atoms with Gasteiger partial charge in [-0.3, -0.25) is 9.38 Å². The molecule has 0 saturated carbocycles. The van der Waals surface area contributed by atoms with Crippen molar-refractivity contribution < 1.29 is 9.13 Å². The minimum Gasteiger partial charge on any atom is -0.477 e. The molecule has 0 fully saturated rings. The van der Waals surface area contributed by atoms with Crippen LogP contribution in [0.2, 0.25) is 0 Å². The first-order valence-electron chi connectivity index (χ1n) is 8.67. The van der Waals surface area contributed by atoms with Gasteiger partial charge in [0, 0.05) is 23.5 Å². The SMILES string of the molecule is BC(C)(F)c1ncc2cnc(-c3cnc(OCC(C)(C)C)c(C)c3)cn12. The van der Waals surface area contributed by atoms with Crippen LogP contribution in [-0.2, 0) is 5.57 Å². The molecule has 0 spiro atoms. The summed E-state index contributed by atoms with van der Waals surface area (Å²) in [5.74, 6) is 0.976. The Morgan fingerprint density at radius 2 is 1.81 bits per heavy atom. The lowest BCUT2D eigenvalue weighted by atomic mass is 9.85. The minimum absolute atomic E-state index is 0.0658. The van der Waals surface area contributed by atoms with Crippen molar-refractivity contribution in [2.45, 2.75) is 40.2 Å². The third-order valence-corrected chi connectivity index (χ3v) is 3.91. The van der Waals surface area contributed by atoms with E-state index < -0.39 is 5.57 Å². The molecular formula is C19H24BFN4O. The van der Waals surface area contributed by atoms with Crippen molar-refractivity contribution in [1.82, 2.24) is 19.4 Å². The Morgan fingerprint density at radius 1 is 1.12 bits per heavy atom. The fourth-order valence-corrected chi connectivity index (χ4v) is 2.62. The fourth-order valence-electron chi connectivity index (χ4n) is 2.62. The molecule has 1 unspecified atom stereocenters. The van der Waals surface area contributed by atoms with Crippen LogP contribution >= 0.6 is 0 Å². The van der Waals surface area contributed by atoms with Crippen molar-refractivity contribution in [2.75, 3.05) is 6.61 Å². The molecule has 3 aromatic heterocycles. The summed E-state index contributed by atoms with van der Waals surface area (Å²) in [5.41, 5.74) is 1.78. The molecule has 26 heavy (non-hydrogen) atoms. The maximum Gasteiger partial charge on any atom is 0.216 e. The first-order valence-corrected chi connectivity index (χ1v) is 8.67. The summed E-state index contributed by atoms with van der Waals surface area (Å²) in [6.45, 7) is 10.4. The maximum absolute atomic E-state index is 14.4. The number of aryl methyl sites for hydroxylation is 1. The van der Waals surface area contributed by atoms with Gasteiger partial charge in [-0.15, -0.1) is 0 Å².